The molecule has 1 aromatic rings. The Labute approximate surface area is 568 Å². The smallest absolute Gasteiger partial charge is 0.336 e. The Morgan fingerprint density at radius 2 is 0.500 bits per heavy atom. The molecular formula is C82H175N3O5. The van der Waals surface area contributed by atoms with Crippen LogP contribution < -0.4 is 17.1 Å². The van der Waals surface area contributed by atoms with Gasteiger partial charge >= 0.3 is 17.1 Å². The summed E-state index contributed by atoms with van der Waals surface area (Å²) in [6.07, 6.45) is 35.8. The third kappa shape index (κ3) is 44.1. The molecule has 90 heavy (non-hydrogen) atoms. The average molecular weight is 1280 g/mol. The molecule has 1 aromatic heterocycles. The van der Waals surface area contributed by atoms with Gasteiger partial charge in [0.15, 0.2) is 0 Å². The normalized spacial score (nSPS) is 12.4. The lowest BCUT2D eigenvalue weighted by Gasteiger charge is -2.34. The first-order valence-corrected chi connectivity index (χ1v) is 39.5. The lowest BCUT2D eigenvalue weighted by atomic mass is 9.78. The van der Waals surface area contributed by atoms with Crippen molar-refractivity contribution in [3.8, 4) is 0 Å². The van der Waals surface area contributed by atoms with Crippen molar-refractivity contribution >= 4 is 0 Å². The van der Waals surface area contributed by atoms with Gasteiger partial charge in [0.25, 0.3) is 0 Å². The van der Waals surface area contributed by atoms with Gasteiger partial charge in [0.1, 0.15) is 0 Å². The fraction of sp³-hybridized carbons (Fsp3) is 0.963. The predicted molar refractivity (Wildman–Crippen MR) is 411 cm³/mol. The third-order valence-electron chi connectivity index (χ3n) is 23.8. The molecule has 0 amide bonds. The summed E-state index contributed by atoms with van der Waals surface area (Å²) in [5.74, 6) is 3.82. The number of hydrogen-bond donors (Lipinski definition) is 0. The van der Waals surface area contributed by atoms with Crippen LogP contribution in [0.3, 0.4) is 0 Å². The molecule has 0 saturated carbocycles. The number of ether oxygens (including phenoxy) is 2. The van der Waals surface area contributed by atoms with E-state index >= 15 is 0 Å². The van der Waals surface area contributed by atoms with Gasteiger partial charge < -0.3 is 9.47 Å². The average Bonchev–Trinajstić information content (AvgIpc) is 0.824. The molecular weight excluding hydrogens is 1110 g/mol. The quantitative estimate of drug-likeness (QED) is 0.0652. The third-order valence-corrected chi connectivity index (χ3v) is 23.8. The van der Waals surface area contributed by atoms with E-state index in [0.717, 1.165) is 63.8 Å². The Morgan fingerprint density at radius 1 is 0.278 bits per heavy atom. The SMILES string of the molecule is CCC(C)(CC)CC.CCC(C)(CC)COCC(C)(CC)CC.CCC(CC)(CC)CC.CCC(CC)(CC)COCC(CC)(CC)CC.CCC(CC)CC.CCCC(CC)CC.CCCn1c(=O)n(CCC)c(=O)n(CCC)c1=O.CC[C@@H](C)[C@H](C)CC. The first kappa shape index (κ1) is 102. The van der Waals surface area contributed by atoms with Crippen molar-refractivity contribution in [1.29, 1.82) is 0 Å². The Bertz CT molecular complexity index is 1600. The van der Waals surface area contributed by atoms with Crippen molar-refractivity contribution in [3.05, 3.63) is 31.5 Å². The highest BCUT2D eigenvalue weighted by Crippen LogP contribution is 2.36. The van der Waals surface area contributed by atoms with Crippen LogP contribution in [0.5, 0.6) is 0 Å². The molecule has 548 valence electrons. The Morgan fingerprint density at radius 3 is 0.622 bits per heavy atom. The molecule has 0 fully saturated rings. The van der Waals surface area contributed by atoms with E-state index in [2.05, 4.69) is 208 Å². The van der Waals surface area contributed by atoms with Gasteiger partial charge in [0.2, 0.25) is 0 Å². The van der Waals surface area contributed by atoms with Crippen LogP contribution in [0.1, 0.15) is 415 Å². The van der Waals surface area contributed by atoms with E-state index in [-0.39, 0.29) is 0 Å². The van der Waals surface area contributed by atoms with Crippen molar-refractivity contribution in [2.45, 2.75) is 434 Å². The zero-order valence-electron chi connectivity index (χ0n) is 68.6. The summed E-state index contributed by atoms with van der Waals surface area (Å²) in [6.45, 7) is 79.0. The van der Waals surface area contributed by atoms with E-state index in [1.54, 1.807) is 0 Å². The molecule has 1 rings (SSSR count). The summed E-state index contributed by atoms with van der Waals surface area (Å²) in [7, 11) is 0. The summed E-state index contributed by atoms with van der Waals surface area (Å²) in [5, 5.41) is 0. The van der Waals surface area contributed by atoms with E-state index in [1.165, 1.54) is 167 Å². The summed E-state index contributed by atoms with van der Waals surface area (Å²) >= 11 is 0. The van der Waals surface area contributed by atoms with Crippen LogP contribution in [-0.2, 0) is 29.1 Å². The van der Waals surface area contributed by atoms with E-state index in [0.29, 0.717) is 71.4 Å². The van der Waals surface area contributed by atoms with Gasteiger partial charge in [-0.2, -0.15) is 0 Å². The first-order valence-electron chi connectivity index (χ1n) is 39.5. The van der Waals surface area contributed by atoms with Gasteiger partial charge in [-0.1, -0.05) is 331 Å². The van der Waals surface area contributed by atoms with Crippen molar-refractivity contribution in [1.82, 2.24) is 13.7 Å². The molecule has 0 bridgehead atoms. The Hall–Kier alpha value is -1.67. The molecule has 0 spiro atoms. The molecule has 8 nitrogen and oxygen atoms in total. The van der Waals surface area contributed by atoms with Crippen molar-refractivity contribution in [3.63, 3.8) is 0 Å². The summed E-state index contributed by atoms with van der Waals surface area (Å²) in [6, 6.07) is 0. The predicted octanol–water partition coefficient (Wildman–Crippen LogP) is 26.5. The highest BCUT2D eigenvalue weighted by Gasteiger charge is 2.29. The molecule has 0 unspecified atom stereocenters. The van der Waals surface area contributed by atoms with E-state index < -0.39 is 17.1 Å². The molecule has 0 aromatic carbocycles. The van der Waals surface area contributed by atoms with Crippen LogP contribution in [0.15, 0.2) is 14.4 Å². The van der Waals surface area contributed by atoms with Gasteiger partial charge in [0, 0.05) is 19.6 Å². The van der Waals surface area contributed by atoms with Crippen LogP contribution in [0.2, 0.25) is 0 Å². The summed E-state index contributed by atoms with van der Waals surface area (Å²) in [5.41, 5.74) is 1.43. The molecule has 0 radical (unpaired) electrons. The molecule has 0 N–H and O–H groups in total. The fourth-order valence-electron chi connectivity index (χ4n) is 11.0. The second-order valence-corrected chi connectivity index (χ2v) is 28.6. The number of aromatic nitrogens is 3. The summed E-state index contributed by atoms with van der Waals surface area (Å²) in [4.78, 5) is 36.2. The Kier molecular flexibility index (Phi) is 70.3. The van der Waals surface area contributed by atoms with Gasteiger partial charge in [-0.3, -0.25) is 0 Å². The zero-order valence-corrected chi connectivity index (χ0v) is 68.6. The van der Waals surface area contributed by atoms with Crippen LogP contribution in [0.25, 0.3) is 0 Å². The molecule has 0 aliphatic heterocycles. The lowest BCUT2D eigenvalue weighted by Crippen LogP contribution is -2.54. The maximum Gasteiger partial charge on any atom is 0.336 e. The van der Waals surface area contributed by atoms with Crippen molar-refractivity contribution in [2.75, 3.05) is 26.4 Å². The van der Waals surface area contributed by atoms with Gasteiger partial charge in [-0.25, -0.2) is 28.1 Å². The van der Waals surface area contributed by atoms with Crippen molar-refractivity contribution in [2.24, 2.45) is 56.2 Å². The number of nitrogens with zero attached hydrogens (tertiary/aromatic N) is 3. The number of rotatable bonds is 41. The van der Waals surface area contributed by atoms with Crippen LogP contribution >= 0.6 is 0 Å². The van der Waals surface area contributed by atoms with Crippen molar-refractivity contribution < 1.29 is 9.47 Å². The molecule has 1 heterocycles. The van der Waals surface area contributed by atoms with Crippen LogP contribution in [0.4, 0.5) is 0 Å². The van der Waals surface area contributed by atoms with E-state index in [1.807, 2.05) is 20.8 Å². The maximum absolute atomic E-state index is 12.1. The molecule has 0 aliphatic carbocycles. The van der Waals surface area contributed by atoms with Crippen LogP contribution in [0, 0.1) is 56.2 Å². The van der Waals surface area contributed by atoms with Gasteiger partial charge in [-0.15, -0.1) is 0 Å². The monoisotopic (exact) mass is 1280 g/mol. The van der Waals surface area contributed by atoms with Gasteiger partial charge in [0.05, 0.1) is 26.4 Å². The summed E-state index contributed by atoms with van der Waals surface area (Å²) < 4.78 is 15.5. The fourth-order valence-corrected chi connectivity index (χ4v) is 11.0. The minimum Gasteiger partial charge on any atom is -0.380 e. The van der Waals surface area contributed by atoms with E-state index in [4.69, 9.17) is 9.47 Å². The Balaban J connectivity index is -0.000000180. The number of hydrogen-bond acceptors (Lipinski definition) is 5. The highest BCUT2D eigenvalue weighted by atomic mass is 16.5. The maximum atomic E-state index is 12.1. The molecule has 0 saturated heterocycles. The second kappa shape index (κ2) is 62.2. The van der Waals surface area contributed by atoms with Gasteiger partial charge in [-0.05, 0) is 140 Å². The topological polar surface area (TPSA) is 84.5 Å². The molecule has 2 atom stereocenters. The molecule has 8 heteroatoms. The van der Waals surface area contributed by atoms with E-state index in [9.17, 15) is 14.4 Å². The first-order chi connectivity index (χ1) is 42.4. The standard InChI is InChI=1S/C16H34O.C14H30O.C12H21N3O3.C9H20.3C8H18.C7H16/c1-7-15(8-2,9-3)13-17-14-16(10-4,11-5)12-6;1-7-13(5,8-2)11-15-12-14(6,9-3)10-4;1-4-7-13-10(16)14(8-5-2)12(18)15(9-6-3)11(13)17;1-5-9(6-2,7-3)8-4;1-5-8(4,6-2)7-3;1-5-7(3)8(4)6-2;1-4-7-8(5-2)6-3;1-4-7(5-2)6-3/h7-14H2,1-6H3;7-12H2,1-6H3;4-9H2,1-3H3;5-8H2,1-4H3;5-7H2,1-4H3;7-8H,5-6H2,1-4H3;8H,4-7H2,1-3H3;7H,4-6H2,1-3H3/t;;;;;7-,8-;;/m.....1../s1. The minimum atomic E-state index is -0.485. The second-order valence-electron chi connectivity index (χ2n) is 28.6. The van der Waals surface area contributed by atoms with Crippen LogP contribution in [-0.4, -0.2) is 40.1 Å². The minimum absolute atomic E-state index is 0.353. The largest absolute Gasteiger partial charge is 0.380 e. The zero-order chi connectivity index (χ0) is 71.6. The highest BCUT2D eigenvalue weighted by molar-refractivity contribution is 4.81. The lowest BCUT2D eigenvalue weighted by molar-refractivity contribution is -0.0181. The molecule has 0 aliphatic rings.